The van der Waals surface area contributed by atoms with Crippen molar-refractivity contribution in [2.24, 2.45) is 5.92 Å². The fraction of sp³-hybridized carbons (Fsp3) is 0.500. The number of carbonyl (C=O) groups excluding carboxylic acids is 1. The summed E-state index contributed by atoms with van der Waals surface area (Å²) < 4.78 is 18.3. The molecular weight excluding hydrogens is 283 g/mol. The second kappa shape index (κ2) is 6.90. The molecule has 1 saturated heterocycles. The molecule has 2 rings (SSSR count). The number of urea groups is 1. The van der Waals surface area contributed by atoms with Crippen LogP contribution in [0.4, 0.5) is 14.9 Å². The van der Waals surface area contributed by atoms with Gasteiger partial charge in [-0.05, 0) is 37.0 Å². The zero-order valence-electron chi connectivity index (χ0n) is 11.4. The number of amides is 2. The van der Waals surface area contributed by atoms with Crippen molar-refractivity contribution in [3.05, 3.63) is 29.0 Å². The van der Waals surface area contributed by atoms with Crippen LogP contribution in [0.15, 0.2) is 18.2 Å². The van der Waals surface area contributed by atoms with Crippen molar-refractivity contribution >= 4 is 23.3 Å². The molecule has 1 N–H and O–H groups in total. The number of hydrogen-bond acceptors (Lipinski definition) is 2. The molecule has 1 aliphatic heterocycles. The van der Waals surface area contributed by atoms with Crippen LogP contribution in [-0.2, 0) is 4.74 Å². The molecule has 0 bridgehead atoms. The van der Waals surface area contributed by atoms with E-state index in [1.807, 2.05) is 0 Å². The Balaban J connectivity index is 1.88. The fourth-order valence-corrected chi connectivity index (χ4v) is 2.37. The van der Waals surface area contributed by atoms with Crippen LogP contribution in [-0.4, -0.2) is 37.7 Å². The summed E-state index contributed by atoms with van der Waals surface area (Å²) in [4.78, 5) is 13.7. The monoisotopic (exact) mass is 300 g/mol. The second-order valence-corrected chi connectivity index (χ2v) is 5.40. The number of nitrogens with zero attached hydrogens (tertiary/aromatic N) is 1. The van der Waals surface area contributed by atoms with Crippen LogP contribution in [0, 0.1) is 11.7 Å². The molecule has 6 heteroatoms. The van der Waals surface area contributed by atoms with E-state index < -0.39 is 5.82 Å². The van der Waals surface area contributed by atoms with Crippen LogP contribution in [0.1, 0.15) is 12.8 Å². The van der Waals surface area contributed by atoms with Gasteiger partial charge in [0.2, 0.25) is 0 Å². The number of benzene rings is 1. The predicted octanol–water partition coefficient (Wildman–Crippen LogP) is 3.37. The van der Waals surface area contributed by atoms with Gasteiger partial charge in [-0.1, -0.05) is 11.6 Å². The van der Waals surface area contributed by atoms with Crippen LogP contribution in [0.2, 0.25) is 5.02 Å². The van der Waals surface area contributed by atoms with Crippen molar-refractivity contribution in [2.45, 2.75) is 12.8 Å². The van der Waals surface area contributed by atoms with Crippen molar-refractivity contribution < 1.29 is 13.9 Å². The Morgan fingerprint density at radius 3 is 2.85 bits per heavy atom. The van der Waals surface area contributed by atoms with E-state index in [0.717, 1.165) is 26.1 Å². The maximum absolute atomic E-state index is 13.0. The molecule has 1 aromatic carbocycles. The van der Waals surface area contributed by atoms with Gasteiger partial charge in [0, 0.05) is 32.5 Å². The molecular formula is C14H18ClFN2O2. The van der Waals surface area contributed by atoms with Gasteiger partial charge in [0.1, 0.15) is 5.82 Å². The minimum atomic E-state index is -0.500. The van der Waals surface area contributed by atoms with Crippen molar-refractivity contribution in [3.63, 3.8) is 0 Å². The average molecular weight is 301 g/mol. The Bertz CT molecular complexity index is 478. The minimum Gasteiger partial charge on any atom is -0.381 e. The highest BCUT2D eigenvalue weighted by Crippen LogP contribution is 2.20. The van der Waals surface area contributed by atoms with E-state index in [-0.39, 0.29) is 11.1 Å². The first kappa shape index (κ1) is 15.1. The molecule has 1 heterocycles. The van der Waals surface area contributed by atoms with Crippen LogP contribution >= 0.6 is 11.6 Å². The Kier molecular flexibility index (Phi) is 5.20. The number of nitrogens with one attached hydrogen (secondary N) is 1. The molecule has 1 aliphatic rings. The highest BCUT2D eigenvalue weighted by atomic mass is 35.5. The molecule has 110 valence electrons. The van der Waals surface area contributed by atoms with Gasteiger partial charge in [-0.25, -0.2) is 9.18 Å². The summed E-state index contributed by atoms with van der Waals surface area (Å²) in [6, 6.07) is 3.90. The van der Waals surface area contributed by atoms with Crippen LogP contribution in [0.5, 0.6) is 0 Å². The van der Waals surface area contributed by atoms with Gasteiger partial charge in [-0.3, -0.25) is 0 Å². The lowest BCUT2D eigenvalue weighted by Gasteiger charge is -2.27. The molecule has 0 radical (unpaired) electrons. The quantitative estimate of drug-likeness (QED) is 0.930. The predicted molar refractivity (Wildman–Crippen MR) is 76.6 cm³/mol. The Morgan fingerprint density at radius 2 is 2.20 bits per heavy atom. The van der Waals surface area contributed by atoms with Gasteiger partial charge in [-0.15, -0.1) is 0 Å². The molecule has 0 spiro atoms. The molecule has 1 aromatic rings. The van der Waals surface area contributed by atoms with E-state index in [9.17, 15) is 9.18 Å². The Morgan fingerprint density at radius 1 is 1.50 bits per heavy atom. The van der Waals surface area contributed by atoms with Gasteiger partial charge in [0.25, 0.3) is 0 Å². The number of rotatable bonds is 3. The number of carbonyl (C=O) groups is 1. The zero-order valence-corrected chi connectivity index (χ0v) is 12.1. The minimum absolute atomic E-state index is 0.00474. The lowest BCUT2D eigenvalue weighted by molar-refractivity contribution is 0.0592. The van der Waals surface area contributed by atoms with Gasteiger partial charge < -0.3 is 15.0 Å². The molecule has 1 fully saturated rings. The summed E-state index contributed by atoms with van der Waals surface area (Å²) in [5.74, 6) is -0.0310. The van der Waals surface area contributed by atoms with E-state index in [4.69, 9.17) is 16.3 Å². The number of ether oxygens (including phenoxy) is 1. The normalized spacial score (nSPS) is 15.9. The lowest BCUT2D eigenvalue weighted by atomic mass is 10.00. The van der Waals surface area contributed by atoms with E-state index in [2.05, 4.69) is 5.32 Å². The standard InChI is InChI=1S/C14H18ClFN2O2/c1-18(9-10-4-6-20-7-5-10)14(19)17-11-2-3-13(16)12(15)8-11/h2-3,8,10H,4-7,9H2,1H3,(H,17,19). The SMILES string of the molecule is CN(CC1CCOCC1)C(=O)Nc1ccc(F)c(Cl)c1. The molecule has 0 atom stereocenters. The summed E-state index contributed by atoms with van der Waals surface area (Å²) >= 11 is 5.68. The number of halogens is 2. The molecule has 4 nitrogen and oxygen atoms in total. The van der Waals surface area contributed by atoms with Crippen LogP contribution in [0.3, 0.4) is 0 Å². The van der Waals surface area contributed by atoms with Crippen molar-refractivity contribution in [1.29, 1.82) is 0 Å². The van der Waals surface area contributed by atoms with Crippen LogP contribution in [0.25, 0.3) is 0 Å². The summed E-state index contributed by atoms with van der Waals surface area (Å²) in [7, 11) is 1.75. The van der Waals surface area contributed by atoms with E-state index in [0.29, 0.717) is 18.2 Å². The van der Waals surface area contributed by atoms with Gasteiger partial charge >= 0.3 is 6.03 Å². The summed E-state index contributed by atoms with van der Waals surface area (Å²) in [6.45, 7) is 2.20. The summed E-state index contributed by atoms with van der Waals surface area (Å²) in [5.41, 5.74) is 0.486. The molecule has 0 aliphatic carbocycles. The first-order valence-electron chi connectivity index (χ1n) is 6.61. The van der Waals surface area contributed by atoms with E-state index >= 15 is 0 Å². The third-order valence-corrected chi connectivity index (χ3v) is 3.68. The Labute approximate surface area is 122 Å². The second-order valence-electron chi connectivity index (χ2n) is 5.00. The number of anilines is 1. The largest absolute Gasteiger partial charge is 0.381 e. The van der Waals surface area contributed by atoms with E-state index in [1.165, 1.54) is 18.2 Å². The molecule has 0 unspecified atom stereocenters. The third-order valence-electron chi connectivity index (χ3n) is 3.39. The van der Waals surface area contributed by atoms with Crippen molar-refractivity contribution in [2.75, 3.05) is 32.1 Å². The summed E-state index contributed by atoms with van der Waals surface area (Å²) in [5, 5.41) is 2.70. The Hall–Kier alpha value is -1.33. The first-order chi connectivity index (χ1) is 9.56. The number of hydrogen-bond donors (Lipinski definition) is 1. The fourth-order valence-electron chi connectivity index (χ4n) is 2.19. The average Bonchev–Trinajstić information content (AvgIpc) is 2.44. The van der Waals surface area contributed by atoms with Crippen LogP contribution < -0.4 is 5.32 Å². The maximum Gasteiger partial charge on any atom is 0.321 e. The molecule has 2 amide bonds. The smallest absolute Gasteiger partial charge is 0.321 e. The topological polar surface area (TPSA) is 41.6 Å². The van der Waals surface area contributed by atoms with E-state index in [1.54, 1.807) is 11.9 Å². The van der Waals surface area contributed by atoms with Crippen molar-refractivity contribution in [3.8, 4) is 0 Å². The lowest BCUT2D eigenvalue weighted by Crippen LogP contribution is -2.36. The van der Waals surface area contributed by atoms with Crippen molar-refractivity contribution in [1.82, 2.24) is 4.90 Å². The first-order valence-corrected chi connectivity index (χ1v) is 6.99. The maximum atomic E-state index is 13.0. The zero-order chi connectivity index (χ0) is 14.5. The van der Waals surface area contributed by atoms with Gasteiger partial charge in [0.15, 0.2) is 0 Å². The highest BCUT2D eigenvalue weighted by Gasteiger charge is 2.18. The highest BCUT2D eigenvalue weighted by molar-refractivity contribution is 6.31. The molecule has 0 aromatic heterocycles. The molecule has 0 saturated carbocycles. The molecule has 20 heavy (non-hydrogen) atoms. The summed E-state index contributed by atoms with van der Waals surface area (Å²) in [6.07, 6.45) is 1.94. The third kappa shape index (κ3) is 4.08. The van der Waals surface area contributed by atoms with Gasteiger partial charge in [0.05, 0.1) is 5.02 Å². The van der Waals surface area contributed by atoms with Gasteiger partial charge in [-0.2, -0.15) is 0 Å².